The number of aliphatic imine (C=N–C) groups is 1. The molecule has 0 aliphatic carbocycles. The molecule has 2 fully saturated rings. The van der Waals surface area contributed by atoms with E-state index >= 15 is 0 Å². The highest BCUT2D eigenvalue weighted by atomic mass is 127. The molecular weight excluding hydrogens is 515 g/mol. The number of piperazine rings is 1. The fraction of sp³-hybridized carbons (Fsp3) is 0.500. The third-order valence-electron chi connectivity index (χ3n) is 6.16. The first kappa shape index (κ1) is 24.4. The number of piperidine rings is 1. The monoisotopic (exact) mass is 550 g/mol. The molecule has 3 heterocycles. The van der Waals surface area contributed by atoms with E-state index in [2.05, 4.69) is 54.3 Å². The number of pyridine rings is 1. The van der Waals surface area contributed by atoms with Gasteiger partial charge in [0.15, 0.2) is 5.96 Å². The number of guanidine groups is 1. The Morgan fingerprint density at radius 1 is 1.00 bits per heavy atom. The van der Waals surface area contributed by atoms with E-state index < -0.39 is 0 Å². The SMILES string of the molecule is CN=C(NCc1ccnc(N2CCCCC2)c1)N1CCN(c2ccccc2OC)CC1.I. The second-order valence-corrected chi connectivity index (χ2v) is 8.12. The van der Waals surface area contributed by atoms with Crippen molar-refractivity contribution >= 4 is 41.4 Å². The third kappa shape index (κ3) is 5.96. The van der Waals surface area contributed by atoms with Crippen LogP contribution in [0.3, 0.4) is 0 Å². The molecule has 32 heavy (non-hydrogen) atoms. The first-order valence-electron chi connectivity index (χ1n) is 11.3. The van der Waals surface area contributed by atoms with E-state index in [4.69, 9.17) is 4.74 Å². The first-order valence-corrected chi connectivity index (χ1v) is 11.3. The molecule has 0 radical (unpaired) electrons. The van der Waals surface area contributed by atoms with Crippen LogP contribution in [0.5, 0.6) is 5.75 Å². The molecule has 2 aliphatic heterocycles. The Hall–Kier alpha value is -2.23. The van der Waals surface area contributed by atoms with E-state index in [1.807, 2.05) is 25.4 Å². The van der Waals surface area contributed by atoms with Crippen LogP contribution in [-0.4, -0.2) is 69.3 Å². The molecule has 2 aromatic rings. The molecule has 8 heteroatoms. The van der Waals surface area contributed by atoms with E-state index in [0.717, 1.165) is 69.0 Å². The lowest BCUT2D eigenvalue weighted by atomic mass is 10.1. The van der Waals surface area contributed by atoms with Crippen molar-refractivity contribution in [1.82, 2.24) is 15.2 Å². The van der Waals surface area contributed by atoms with E-state index in [-0.39, 0.29) is 24.0 Å². The van der Waals surface area contributed by atoms with Crippen LogP contribution in [0, 0.1) is 0 Å². The highest BCUT2D eigenvalue weighted by molar-refractivity contribution is 14.0. The molecule has 1 aromatic heterocycles. The average molecular weight is 550 g/mol. The molecular formula is C24H35IN6O. The summed E-state index contributed by atoms with van der Waals surface area (Å²) < 4.78 is 5.54. The van der Waals surface area contributed by atoms with Crippen molar-refractivity contribution in [2.24, 2.45) is 4.99 Å². The zero-order valence-electron chi connectivity index (χ0n) is 19.2. The number of nitrogens with one attached hydrogen (secondary N) is 1. The number of benzene rings is 1. The summed E-state index contributed by atoms with van der Waals surface area (Å²) in [5.74, 6) is 2.98. The third-order valence-corrected chi connectivity index (χ3v) is 6.16. The van der Waals surface area contributed by atoms with Crippen LogP contribution in [0.15, 0.2) is 47.6 Å². The topological polar surface area (TPSA) is 56.2 Å². The minimum atomic E-state index is 0. The largest absolute Gasteiger partial charge is 0.495 e. The number of para-hydroxylation sites is 2. The smallest absolute Gasteiger partial charge is 0.194 e. The summed E-state index contributed by atoms with van der Waals surface area (Å²) in [4.78, 5) is 16.2. The van der Waals surface area contributed by atoms with Crippen molar-refractivity contribution in [2.45, 2.75) is 25.8 Å². The van der Waals surface area contributed by atoms with Crippen LogP contribution in [0.4, 0.5) is 11.5 Å². The molecule has 1 aromatic carbocycles. The quantitative estimate of drug-likeness (QED) is 0.349. The highest BCUT2D eigenvalue weighted by Gasteiger charge is 2.21. The number of anilines is 2. The van der Waals surface area contributed by atoms with Crippen LogP contribution >= 0.6 is 24.0 Å². The molecule has 0 amide bonds. The lowest BCUT2D eigenvalue weighted by Crippen LogP contribution is -2.52. The van der Waals surface area contributed by atoms with Gasteiger partial charge in [-0.05, 0) is 49.1 Å². The van der Waals surface area contributed by atoms with Gasteiger partial charge in [-0.25, -0.2) is 4.98 Å². The summed E-state index contributed by atoms with van der Waals surface area (Å²) in [7, 11) is 3.59. The van der Waals surface area contributed by atoms with E-state index in [1.165, 1.54) is 24.8 Å². The molecule has 4 rings (SSSR count). The van der Waals surface area contributed by atoms with Crippen molar-refractivity contribution < 1.29 is 4.74 Å². The van der Waals surface area contributed by atoms with Crippen molar-refractivity contribution in [1.29, 1.82) is 0 Å². The van der Waals surface area contributed by atoms with Gasteiger partial charge in [0, 0.05) is 59.1 Å². The Balaban J connectivity index is 0.00000289. The number of nitrogens with zero attached hydrogens (tertiary/aromatic N) is 5. The Bertz CT molecular complexity index is 878. The van der Waals surface area contributed by atoms with Gasteiger partial charge in [0.1, 0.15) is 11.6 Å². The maximum absolute atomic E-state index is 5.54. The Kier molecular flexibility index (Phi) is 9.25. The summed E-state index contributed by atoms with van der Waals surface area (Å²) in [6.45, 7) is 6.71. The van der Waals surface area contributed by atoms with Gasteiger partial charge in [-0.15, -0.1) is 24.0 Å². The van der Waals surface area contributed by atoms with Crippen LogP contribution in [0.2, 0.25) is 0 Å². The minimum absolute atomic E-state index is 0. The van der Waals surface area contributed by atoms with Gasteiger partial charge in [-0.2, -0.15) is 0 Å². The van der Waals surface area contributed by atoms with Gasteiger partial charge >= 0.3 is 0 Å². The zero-order valence-corrected chi connectivity index (χ0v) is 21.5. The number of rotatable bonds is 5. The molecule has 0 atom stereocenters. The normalized spacial score (nSPS) is 17.1. The Labute approximate surface area is 208 Å². The number of aromatic nitrogens is 1. The predicted octanol–water partition coefficient (Wildman–Crippen LogP) is 3.60. The summed E-state index contributed by atoms with van der Waals surface area (Å²) in [5, 5.41) is 3.55. The zero-order chi connectivity index (χ0) is 21.5. The van der Waals surface area contributed by atoms with Crippen molar-refractivity contribution in [3.63, 3.8) is 0 Å². The van der Waals surface area contributed by atoms with Gasteiger partial charge in [0.25, 0.3) is 0 Å². The molecule has 174 valence electrons. The number of hydrogen-bond acceptors (Lipinski definition) is 5. The minimum Gasteiger partial charge on any atom is -0.495 e. The van der Waals surface area contributed by atoms with Gasteiger partial charge in [-0.1, -0.05) is 12.1 Å². The molecule has 2 aliphatic rings. The second kappa shape index (κ2) is 12.1. The number of methoxy groups -OCH3 is 1. The number of hydrogen-bond donors (Lipinski definition) is 1. The fourth-order valence-corrected chi connectivity index (χ4v) is 4.43. The van der Waals surface area contributed by atoms with Crippen LogP contribution in [0.1, 0.15) is 24.8 Å². The van der Waals surface area contributed by atoms with Crippen LogP contribution < -0.4 is 19.9 Å². The van der Waals surface area contributed by atoms with Crippen molar-refractivity contribution in [2.75, 3.05) is 63.2 Å². The molecule has 2 saturated heterocycles. The number of halogens is 1. The summed E-state index contributed by atoms with van der Waals surface area (Å²) >= 11 is 0. The maximum Gasteiger partial charge on any atom is 0.194 e. The summed E-state index contributed by atoms with van der Waals surface area (Å²) in [6.07, 6.45) is 5.78. The molecule has 7 nitrogen and oxygen atoms in total. The summed E-state index contributed by atoms with van der Waals surface area (Å²) in [5.41, 5.74) is 2.40. The lowest BCUT2D eigenvalue weighted by Gasteiger charge is -2.38. The Morgan fingerprint density at radius 2 is 1.75 bits per heavy atom. The van der Waals surface area contributed by atoms with Gasteiger partial charge in [0.2, 0.25) is 0 Å². The van der Waals surface area contributed by atoms with Crippen LogP contribution in [-0.2, 0) is 6.54 Å². The van der Waals surface area contributed by atoms with Crippen LogP contribution in [0.25, 0.3) is 0 Å². The van der Waals surface area contributed by atoms with Gasteiger partial charge in [0.05, 0.1) is 12.8 Å². The number of ether oxygens (including phenoxy) is 1. The molecule has 0 unspecified atom stereocenters. The standard InChI is InChI=1S/C24H34N6O.HI/c1-25-24(27-19-20-10-11-26-23(18-20)29-12-6-3-7-13-29)30-16-14-28(15-17-30)21-8-4-5-9-22(21)31-2;/h4-5,8-11,18H,3,6-7,12-17,19H2,1-2H3,(H,25,27);1H. The highest BCUT2D eigenvalue weighted by Crippen LogP contribution is 2.28. The van der Waals surface area contributed by atoms with Gasteiger partial charge < -0.3 is 24.8 Å². The van der Waals surface area contributed by atoms with E-state index in [0.29, 0.717) is 0 Å². The van der Waals surface area contributed by atoms with Crippen molar-refractivity contribution in [3.8, 4) is 5.75 Å². The maximum atomic E-state index is 5.54. The molecule has 0 bridgehead atoms. The lowest BCUT2D eigenvalue weighted by molar-refractivity contribution is 0.367. The van der Waals surface area contributed by atoms with Crippen molar-refractivity contribution in [3.05, 3.63) is 48.2 Å². The Morgan fingerprint density at radius 3 is 2.47 bits per heavy atom. The predicted molar refractivity (Wildman–Crippen MR) is 143 cm³/mol. The summed E-state index contributed by atoms with van der Waals surface area (Å²) in [6, 6.07) is 12.5. The molecule has 0 saturated carbocycles. The van der Waals surface area contributed by atoms with E-state index in [1.54, 1.807) is 7.11 Å². The second-order valence-electron chi connectivity index (χ2n) is 8.12. The average Bonchev–Trinajstić information content (AvgIpc) is 2.85. The molecule has 1 N–H and O–H groups in total. The van der Waals surface area contributed by atoms with E-state index in [9.17, 15) is 0 Å². The van der Waals surface area contributed by atoms with Gasteiger partial charge in [-0.3, -0.25) is 4.99 Å². The first-order chi connectivity index (χ1) is 15.3. The molecule has 0 spiro atoms. The fourth-order valence-electron chi connectivity index (χ4n) is 4.43.